The minimum absolute atomic E-state index is 0.0600. The Kier molecular flexibility index (Phi) is 3.30. The van der Waals surface area contributed by atoms with E-state index in [9.17, 15) is 15.3 Å². The van der Waals surface area contributed by atoms with E-state index in [1.54, 1.807) is 0 Å². The van der Waals surface area contributed by atoms with Crippen LogP contribution < -0.4 is 0 Å². The number of hydrogen-bond acceptors (Lipinski definition) is 6. The van der Waals surface area contributed by atoms with Crippen molar-refractivity contribution in [3.05, 3.63) is 0 Å². The van der Waals surface area contributed by atoms with E-state index in [2.05, 4.69) is 25.3 Å². The maximum absolute atomic E-state index is 9.50. The fraction of sp³-hybridized carbons (Fsp3) is 1.00. The molecule has 6 heteroatoms. The maximum Gasteiger partial charge on any atom is 0.204 e. The van der Waals surface area contributed by atoms with Crippen LogP contribution in [0.5, 0.6) is 0 Å². The molecular formula is C6H12O4S2. The third kappa shape index (κ3) is 1.59. The molecule has 0 saturated carbocycles. The van der Waals surface area contributed by atoms with Gasteiger partial charge >= 0.3 is 0 Å². The lowest BCUT2D eigenvalue weighted by atomic mass is 10.1. The first-order valence-corrected chi connectivity index (χ1v) is 4.79. The maximum atomic E-state index is 9.50. The van der Waals surface area contributed by atoms with Crippen molar-refractivity contribution in [2.75, 3.05) is 11.5 Å². The molecule has 0 radical (unpaired) electrons. The van der Waals surface area contributed by atoms with Crippen LogP contribution in [0.4, 0.5) is 0 Å². The summed E-state index contributed by atoms with van der Waals surface area (Å²) in [5, 5.41) is 28.1. The zero-order valence-corrected chi connectivity index (χ0v) is 8.08. The van der Waals surface area contributed by atoms with Gasteiger partial charge in [-0.25, -0.2) is 0 Å². The Morgan fingerprint density at radius 1 is 1.33 bits per heavy atom. The van der Waals surface area contributed by atoms with Gasteiger partial charge in [0.25, 0.3) is 0 Å². The number of aliphatic hydroxyl groups is 3. The monoisotopic (exact) mass is 212 g/mol. The van der Waals surface area contributed by atoms with Gasteiger partial charge < -0.3 is 20.1 Å². The van der Waals surface area contributed by atoms with Crippen molar-refractivity contribution < 1.29 is 20.1 Å². The Hall–Kier alpha value is 0.540. The zero-order valence-electron chi connectivity index (χ0n) is 6.29. The van der Waals surface area contributed by atoms with Gasteiger partial charge in [-0.05, 0) is 0 Å². The van der Waals surface area contributed by atoms with E-state index in [4.69, 9.17) is 4.74 Å². The van der Waals surface area contributed by atoms with Gasteiger partial charge in [-0.3, -0.25) is 0 Å². The molecule has 0 aromatic heterocycles. The highest BCUT2D eigenvalue weighted by Gasteiger charge is 2.51. The average Bonchev–Trinajstić information content (AvgIpc) is 2.31. The second-order valence-electron chi connectivity index (χ2n) is 2.78. The Bertz CT molecular complexity index is 168. The highest BCUT2D eigenvalue weighted by Crippen LogP contribution is 2.30. The third-order valence-corrected chi connectivity index (χ3v) is 2.74. The Morgan fingerprint density at radius 2 is 1.92 bits per heavy atom. The Balaban J connectivity index is 2.72. The molecule has 1 fully saturated rings. The standard InChI is InChI=1S/C6H12O4S2/c7-4-3(1-11)10-6(9,2-12)5(4)8/h3-5,7-9,11-12H,1-2H2/t3-,4+,5?,6-/m1/s1. The van der Waals surface area contributed by atoms with Gasteiger partial charge in [0.05, 0.1) is 6.10 Å². The van der Waals surface area contributed by atoms with Gasteiger partial charge in [0, 0.05) is 11.5 Å². The molecule has 1 aliphatic heterocycles. The fourth-order valence-electron chi connectivity index (χ4n) is 1.15. The Labute approximate surface area is 81.4 Å². The van der Waals surface area contributed by atoms with Crippen molar-refractivity contribution in [2.24, 2.45) is 0 Å². The Morgan fingerprint density at radius 3 is 2.17 bits per heavy atom. The molecule has 72 valence electrons. The van der Waals surface area contributed by atoms with Crippen molar-refractivity contribution in [1.29, 1.82) is 0 Å². The largest absolute Gasteiger partial charge is 0.387 e. The molecule has 1 heterocycles. The first kappa shape index (κ1) is 10.6. The van der Waals surface area contributed by atoms with Gasteiger partial charge in [0.15, 0.2) is 0 Å². The van der Waals surface area contributed by atoms with Crippen LogP contribution in [-0.2, 0) is 4.74 Å². The highest BCUT2D eigenvalue weighted by molar-refractivity contribution is 7.80. The van der Waals surface area contributed by atoms with E-state index in [1.807, 2.05) is 0 Å². The van der Waals surface area contributed by atoms with Crippen molar-refractivity contribution in [2.45, 2.75) is 24.1 Å². The summed E-state index contributed by atoms with van der Waals surface area (Å²) in [4.78, 5) is 0. The molecule has 4 atom stereocenters. The van der Waals surface area contributed by atoms with Crippen LogP contribution in [0.1, 0.15) is 0 Å². The SMILES string of the molecule is OC1[C@@H](O)[C@@H](CS)O[C@]1(O)CS. The van der Waals surface area contributed by atoms with Crippen molar-refractivity contribution >= 4 is 25.3 Å². The number of hydrogen-bond donors (Lipinski definition) is 5. The van der Waals surface area contributed by atoms with Gasteiger partial charge in [0.2, 0.25) is 5.79 Å². The molecule has 3 N–H and O–H groups in total. The van der Waals surface area contributed by atoms with E-state index in [0.717, 1.165) is 0 Å². The summed E-state index contributed by atoms with van der Waals surface area (Å²) in [6, 6.07) is 0. The summed E-state index contributed by atoms with van der Waals surface area (Å²) in [6.07, 6.45) is -3.05. The lowest BCUT2D eigenvalue weighted by Gasteiger charge is -2.23. The van der Waals surface area contributed by atoms with Gasteiger partial charge in [-0.1, -0.05) is 0 Å². The molecule has 1 aliphatic rings. The van der Waals surface area contributed by atoms with Crippen LogP contribution in [0.25, 0.3) is 0 Å². The first-order chi connectivity index (χ1) is 5.55. The topological polar surface area (TPSA) is 69.9 Å². The van der Waals surface area contributed by atoms with Crippen LogP contribution in [0.3, 0.4) is 0 Å². The van der Waals surface area contributed by atoms with Crippen LogP contribution >= 0.6 is 25.3 Å². The zero-order chi connectivity index (χ0) is 9.35. The minimum atomic E-state index is -1.74. The summed E-state index contributed by atoms with van der Waals surface area (Å²) >= 11 is 7.71. The van der Waals surface area contributed by atoms with E-state index < -0.39 is 24.1 Å². The van der Waals surface area contributed by atoms with Crippen LogP contribution in [0.2, 0.25) is 0 Å². The van der Waals surface area contributed by atoms with Crippen LogP contribution in [0.15, 0.2) is 0 Å². The van der Waals surface area contributed by atoms with Crippen molar-refractivity contribution in [3.63, 3.8) is 0 Å². The molecular weight excluding hydrogens is 200 g/mol. The molecule has 0 aromatic carbocycles. The molecule has 0 aliphatic carbocycles. The van der Waals surface area contributed by atoms with Crippen molar-refractivity contribution in [1.82, 2.24) is 0 Å². The van der Waals surface area contributed by atoms with Gasteiger partial charge in [-0.2, -0.15) is 25.3 Å². The molecule has 1 unspecified atom stereocenters. The molecule has 0 bridgehead atoms. The summed E-state index contributed by atoms with van der Waals surface area (Å²) in [6.45, 7) is 0. The summed E-state index contributed by atoms with van der Waals surface area (Å²) in [5.74, 6) is -1.56. The van der Waals surface area contributed by atoms with E-state index in [0.29, 0.717) is 0 Å². The number of ether oxygens (including phenoxy) is 1. The quantitative estimate of drug-likeness (QED) is 0.367. The molecule has 0 spiro atoms. The smallest absolute Gasteiger partial charge is 0.204 e. The summed E-state index contributed by atoms with van der Waals surface area (Å²) in [5.41, 5.74) is 0. The van der Waals surface area contributed by atoms with E-state index in [-0.39, 0.29) is 11.5 Å². The number of rotatable bonds is 2. The summed E-state index contributed by atoms with van der Waals surface area (Å²) < 4.78 is 4.97. The first-order valence-electron chi connectivity index (χ1n) is 3.53. The van der Waals surface area contributed by atoms with Gasteiger partial charge in [-0.15, -0.1) is 0 Å². The molecule has 1 rings (SSSR count). The molecule has 0 amide bonds. The van der Waals surface area contributed by atoms with E-state index in [1.165, 1.54) is 0 Å². The highest BCUT2D eigenvalue weighted by atomic mass is 32.1. The molecule has 0 aromatic rings. The summed E-state index contributed by atoms with van der Waals surface area (Å²) in [7, 11) is 0. The normalized spacial score (nSPS) is 48.2. The van der Waals surface area contributed by atoms with Crippen molar-refractivity contribution in [3.8, 4) is 0 Å². The van der Waals surface area contributed by atoms with E-state index >= 15 is 0 Å². The second kappa shape index (κ2) is 3.73. The minimum Gasteiger partial charge on any atom is -0.387 e. The molecule has 1 saturated heterocycles. The number of thiol groups is 2. The lowest BCUT2D eigenvalue weighted by Crippen LogP contribution is -2.44. The molecule has 4 nitrogen and oxygen atoms in total. The predicted molar refractivity (Wildman–Crippen MR) is 49.5 cm³/mol. The third-order valence-electron chi connectivity index (χ3n) is 1.93. The van der Waals surface area contributed by atoms with Crippen LogP contribution in [-0.4, -0.2) is 50.9 Å². The average molecular weight is 212 g/mol. The van der Waals surface area contributed by atoms with Gasteiger partial charge in [0.1, 0.15) is 12.2 Å². The second-order valence-corrected chi connectivity index (χ2v) is 3.46. The molecule has 12 heavy (non-hydrogen) atoms. The fourth-order valence-corrected chi connectivity index (χ4v) is 1.70. The lowest BCUT2D eigenvalue weighted by molar-refractivity contribution is -0.207. The predicted octanol–water partition coefficient (Wildman–Crippen LogP) is -1.34. The van der Waals surface area contributed by atoms with Crippen LogP contribution in [0, 0.1) is 0 Å². The number of aliphatic hydroxyl groups excluding tert-OH is 2.